The van der Waals surface area contributed by atoms with Crippen molar-refractivity contribution in [2.45, 2.75) is 19.4 Å². The fourth-order valence-corrected chi connectivity index (χ4v) is 1.34. The van der Waals surface area contributed by atoms with Gasteiger partial charge < -0.3 is 5.32 Å². The molecule has 0 aromatic heterocycles. The summed E-state index contributed by atoms with van der Waals surface area (Å²) in [5.41, 5.74) is 1.08. The Morgan fingerprint density at radius 2 is 2.07 bits per heavy atom. The Morgan fingerprint density at radius 3 is 2.67 bits per heavy atom. The Bertz CT molecular complexity index is 364. The average molecular weight is 266 g/mol. The number of benzene rings is 1. The Labute approximate surface area is 98.2 Å². The maximum atomic E-state index is 11.2. The number of nitrogens with one attached hydrogen (secondary N) is 1. The Hall–Kier alpha value is -1.27. The molecule has 1 amide bonds. The quantitative estimate of drug-likeness (QED) is 0.833. The van der Waals surface area contributed by atoms with E-state index in [2.05, 4.69) is 27.2 Å². The molecule has 15 heavy (non-hydrogen) atoms. The van der Waals surface area contributed by atoms with E-state index in [4.69, 9.17) is 6.42 Å². The third-order valence-corrected chi connectivity index (χ3v) is 2.43. The molecule has 0 aliphatic rings. The Morgan fingerprint density at radius 1 is 1.40 bits per heavy atom. The van der Waals surface area contributed by atoms with Crippen molar-refractivity contribution in [3.05, 3.63) is 34.3 Å². The van der Waals surface area contributed by atoms with E-state index in [1.54, 1.807) is 0 Å². The second-order valence-electron chi connectivity index (χ2n) is 3.11. The van der Waals surface area contributed by atoms with Crippen molar-refractivity contribution in [3.8, 4) is 12.3 Å². The molecule has 0 radical (unpaired) electrons. The van der Waals surface area contributed by atoms with Crippen molar-refractivity contribution in [1.29, 1.82) is 0 Å². The monoisotopic (exact) mass is 265 g/mol. The predicted octanol–water partition coefficient (Wildman–Crippen LogP) is 2.48. The SMILES string of the molecule is C#CCCC(=O)NCc1ccc(Br)cc1. The molecule has 3 heteroatoms. The van der Waals surface area contributed by atoms with E-state index in [-0.39, 0.29) is 5.91 Å². The van der Waals surface area contributed by atoms with Crippen LogP contribution in [0.4, 0.5) is 0 Å². The minimum Gasteiger partial charge on any atom is -0.352 e. The standard InChI is InChI=1S/C12H12BrNO/c1-2-3-4-12(15)14-9-10-5-7-11(13)8-6-10/h1,5-8H,3-4,9H2,(H,14,15). The van der Waals surface area contributed by atoms with E-state index >= 15 is 0 Å². The zero-order valence-corrected chi connectivity index (χ0v) is 9.88. The highest BCUT2D eigenvalue weighted by molar-refractivity contribution is 9.10. The molecule has 0 atom stereocenters. The maximum absolute atomic E-state index is 11.2. The number of amides is 1. The van der Waals surface area contributed by atoms with Crippen LogP contribution in [0.25, 0.3) is 0 Å². The van der Waals surface area contributed by atoms with Gasteiger partial charge in [-0.3, -0.25) is 4.79 Å². The summed E-state index contributed by atoms with van der Waals surface area (Å²) in [6, 6.07) is 7.82. The molecule has 1 rings (SSSR count). The molecule has 0 unspecified atom stereocenters. The van der Waals surface area contributed by atoms with Crippen LogP contribution >= 0.6 is 15.9 Å². The summed E-state index contributed by atoms with van der Waals surface area (Å²) in [7, 11) is 0. The van der Waals surface area contributed by atoms with E-state index in [9.17, 15) is 4.79 Å². The van der Waals surface area contributed by atoms with Crippen LogP contribution in [0.1, 0.15) is 18.4 Å². The maximum Gasteiger partial charge on any atom is 0.221 e. The average Bonchev–Trinajstić information content (AvgIpc) is 2.25. The van der Waals surface area contributed by atoms with Crippen LogP contribution in [0.5, 0.6) is 0 Å². The van der Waals surface area contributed by atoms with E-state index in [1.165, 1.54) is 0 Å². The van der Waals surface area contributed by atoms with Gasteiger partial charge in [-0.1, -0.05) is 28.1 Å². The van der Waals surface area contributed by atoms with Crippen LogP contribution in [-0.4, -0.2) is 5.91 Å². The summed E-state index contributed by atoms with van der Waals surface area (Å²) >= 11 is 3.35. The summed E-state index contributed by atoms with van der Waals surface area (Å²) < 4.78 is 1.03. The molecule has 0 bridgehead atoms. The number of carbonyl (C=O) groups excluding carboxylic acids is 1. The molecule has 0 fully saturated rings. The van der Waals surface area contributed by atoms with Crippen LogP contribution < -0.4 is 5.32 Å². The van der Waals surface area contributed by atoms with Crippen molar-refractivity contribution < 1.29 is 4.79 Å². The zero-order valence-electron chi connectivity index (χ0n) is 8.29. The fourth-order valence-electron chi connectivity index (χ4n) is 1.08. The molecular weight excluding hydrogens is 254 g/mol. The molecule has 0 saturated heterocycles. The lowest BCUT2D eigenvalue weighted by Gasteiger charge is -2.03. The first kappa shape index (κ1) is 11.8. The summed E-state index contributed by atoms with van der Waals surface area (Å²) in [6.07, 6.45) is 5.95. The topological polar surface area (TPSA) is 29.1 Å². The molecule has 1 aromatic rings. The van der Waals surface area contributed by atoms with Crippen molar-refractivity contribution in [2.24, 2.45) is 0 Å². The first-order chi connectivity index (χ1) is 7.22. The molecule has 0 heterocycles. The summed E-state index contributed by atoms with van der Waals surface area (Å²) in [5, 5.41) is 2.80. The molecule has 1 aromatic carbocycles. The van der Waals surface area contributed by atoms with Crippen molar-refractivity contribution in [1.82, 2.24) is 5.32 Å². The lowest BCUT2D eigenvalue weighted by atomic mass is 10.2. The fraction of sp³-hybridized carbons (Fsp3) is 0.250. The molecule has 0 saturated carbocycles. The van der Waals surface area contributed by atoms with Gasteiger partial charge >= 0.3 is 0 Å². The first-order valence-corrected chi connectivity index (χ1v) is 5.46. The number of hydrogen-bond donors (Lipinski definition) is 1. The molecule has 0 aliphatic carbocycles. The highest BCUT2D eigenvalue weighted by atomic mass is 79.9. The minimum absolute atomic E-state index is 0.00383. The number of hydrogen-bond acceptors (Lipinski definition) is 1. The Balaban J connectivity index is 2.34. The molecule has 2 nitrogen and oxygen atoms in total. The number of halogens is 1. The van der Waals surface area contributed by atoms with Crippen LogP contribution in [-0.2, 0) is 11.3 Å². The van der Waals surface area contributed by atoms with Gasteiger partial charge in [-0.2, -0.15) is 0 Å². The van der Waals surface area contributed by atoms with Gasteiger partial charge in [0, 0.05) is 23.9 Å². The largest absolute Gasteiger partial charge is 0.352 e. The van der Waals surface area contributed by atoms with E-state index in [0.29, 0.717) is 19.4 Å². The van der Waals surface area contributed by atoms with Crippen LogP contribution in [0.3, 0.4) is 0 Å². The van der Waals surface area contributed by atoms with Gasteiger partial charge in [-0.05, 0) is 17.7 Å². The van der Waals surface area contributed by atoms with Gasteiger partial charge in [0.2, 0.25) is 5.91 Å². The van der Waals surface area contributed by atoms with Gasteiger partial charge in [0.1, 0.15) is 0 Å². The highest BCUT2D eigenvalue weighted by Gasteiger charge is 1.99. The number of rotatable bonds is 4. The highest BCUT2D eigenvalue weighted by Crippen LogP contribution is 2.10. The van der Waals surface area contributed by atoms with Gasteiger partial charge in [0.25, 0.3) is 0 Å². The van der Waals surface area contributed by atoms with Crippen molar-refractivity contribution >= 4 is 21.8 Å². The van der Waals surface area contributed by atoms with Gasteiger partial charge in [0.15, 0.2) is 0 Å². The van der Waals surface area contributed by atoms with Crippen LogP contribution in [0.2, 0.25) is 0 Å². The second-order valence-corrected chi connectivity index (χ2v) is 4.02. The normalized spacial score (nSPS) is 9.33. The lowest BCUT2D eigenvalue weighted by Crippen LogP contribution is -2.22. The molecule has 78 valence electrons. The second kappa shape index (κ2) is 6.26. The third-order valence-electron chi connectivity index (χ3n) is 1.90. The predicted molar refractivity (Wildman–Crippen MR) is 64.1 cm³/mol. The van der Waals surface area contributed by atoms with E-state index in [1.807, 2.05) is 24.3 Å². The van der Waals surface area contributed by atoms with Gasteiger partial charge in [0.05, 0.1) is 0 Å². The summed E-state index contributed by atoms with van der Waals surface area (Å²) in [6.45, 7) is 0.552. The molecular formula is C12H12BrNO. The number of carbonyl (C=O) groups is 1. The lowest BCUT2D eigenvalue weighted by molar-refractivity contribution is -0.121. The Kier molecular flexibility index (Phi) is 4.92. The first-order valence-electron chi connectivity index (χ1n) is 4.67. The van der Waals surface area contributed by atoms with Gasteiger partial charge in [-0.15, -0.1) is 12.3 Å². The van der Waals surface area contributed by atoms with E-state index in [0.717, 1.165) is 10.0 Å². The minimum atomic E-state index is -0.00383. The number of terminal acetylenes is 1. The zero-order chi connectivity index (χ0) is 11.1. The van der Waals surface area contributed by atoms with E-state index < -0.39 is 0 Å². The van der Waals surface area contributed by atoms with Gasteiger partial charge in [-0.25, -0.2) is 0 Å². The molecule has 0 aliphatic heterocycles. The van der Waals surface area contributed by atoms with Crippen LogP contribution in [0.15, 0.2) is 28.7 Å². The van der Waals surface area contributed by atoms with Crippen molar-refractivity contribution in [3.63, 3.8) is 0 Å². The smallest absolute Gasteiger partial charge is 0.221 e. The summed E-state index contributed by atoms with van der Waals surface area (Å²) in [4.78, 5) is 11.2. The molecule has 1 N–H and O–H groups in total. The third kappa shape index (κ3) is 4.66. The van der Waals surface area contributed by atoms with Crippen molar-refractivity contribution in [2.75, 3.05) is 0 Å². The van der Waals surface area contributed by atoms with Crippen LogP contribution in [0, 0.1) is 12.3 Å². The molecule has 0 spiro atoms. The summed E-state index contributed by atoms with van der Waals surface area (Å²) in [5.74, 6) is 2.43.